The Labute approximate surface area is 189 Å². The minimum absolute atomic E-state index is 0.174. The molecule has 0 spiro atoms. The van der Waals surface area contributed by atoms with Crippen LogP contribution in [0.4, 0.5) is 5.82 Å². The lowest BCUT2D eigenvalue weighted by Gasteiger charge is -2.16. The number of halogens is 1. The topological polar surface area (TPSA) is 85.8 Å². The molecule has 1 amide bonds. The molecular formula is C22H25BrN4O4. The van der Waals surface area contributed by atoms with Crippen LogP contribution in [-0.4, -0.2) is 48.8 Å². The molecule has 3 rings (SSSR count). The Balaban J connectivity index is 1.82. The number of fused-ring (bicyclic) bond motifs is 1. The molecule has 0 aliphatic carbocycles. The number of hydrogen-bond acceptors (Lipinski definition) is 7. The fourth-order valence-corrected chi connectivity index (χ4v) is 3.45. The van der Waals surface area contributed by atoms with Gasteiger partial charge in [-0.3, -0.25) is 9.63 Å². The minimum Gasteiger partial charge on any atom is -0.493 e. The van der Waals surface area contributed by atoms with Gasteiger partial charge in [0.1, 0.15) is 11.6 Å². The van der Waals surface area contributed by atoms with Crippen molar-refractivity contribution >= 4 is 38.6 Å². The lowest BCUT2D eigenvalue weighted by molar-refractivity contribution is -0.169. The van der Waals surface area contributed by atoms with Crippen molar-refractivity contribution in [2.75, 3.05) is 33.2 Å². The zero-order chi connectivity index (χ0) is 22.4. The number of methoxy groups -OCH3 is 1. The van der Waals surface area contributed by atoms with E-state index in [1.807, 2.05) is 31.2 Å². The van der Waals surface area contributed by atoms with Crippen LogP contribution in [0.2, 0.25) is 0 Å². The molecular weight excluding hydrogens is 464 g/mol. The number of nitrogens with one attached hydrogen (secondary N) is 1. The maximum absolute atomic E-state index is 11.9. The summed E-state index contributed by atoms with van der Waals surface area (Å²) < 4.78 is 12.3. The fourth-order valence-electron chi connectivity index (χ4n) is 3.00. The Morgan fingerprint density at radius 2 is 1.97 bits per heavy atom. The monoisotopic (exact) mass is 488 g/mol. The van der Waals surface area contributed by atoms with Crippen LogP contribution in [0.15, 0.2) is 40.9 Å². The normalized spacial score (nSPS) is 10.7. The summed E-state index contributed by atoms with van der Waals surface area (Å²) in [5, 5.41) is 5.37. The molecule has 8 nitrogen and oxygen atoms in total. The smallest absolute Gasteiger partial charge is 0.249 e. The molecule has 0 aliphatic heterocycles. The van der Waals surface area contributed by atoms with Gasteiger partial charge in [-0.25, -0.2) is 15.0 Å². The van der Waals surface area contributed by atoms with Gasteiger partial charge in [0.2, 0.25) is 5.91 Å². The first-order chi connectivity index (χ1) is 14.9. The minimum atomic E-state index is -0.181. The summed E-state index contributed by atoms with van der Waals surface area (Å²) in [7, 11) is 4.57. The molecule has 1 aromatic heterocycles. The van der Waals surface area contributed by atoms with Crippen LogP contribution in [0.3, 0.4) is 0 Å². The van der Waals surface area contributed by atoms with E-state index in [9.17, 15) is 4.79 Å². The lowest BCUT2D eigenvalue weighted by atomic mass is 10.2. The van der Waals surface area contributed by atoms with Crippen LogP contribution in [0.5, 0.6) is 11.5 Å². The Morgan fingerprint density at radius 1 is 1.16 bits per heavy atom. The van der Waals surface area contributed by atoms with E-state index in [1.54, 1.807) is 20.2 Å². The molecule has 164 valence electrons. The third-order valence-electron chi connectivity index (χ3n) is 4.64. The summed E-state index contributed by atoms with van der Waals surface area (Å²) >= 11 is 3.49. The number of carbonyl (C=O) groups is 1. The summed E-state index contributed by atoms with van der Waals surface area (Å²) in [5.74, 6) is 2.22. The van der Waals surface area contributed by atoms with E-state index in [-0.39, 0.29) is 18.9 Å². The second-order valence-electron chi connectivity index (χ2n) is 6.80. The van der Waals surface area contributed by atoms with Gasteiger partial charge in [-0.05, 0) is 30.7 Å². The van der Waals surface area contributed by atoms with Gasteiger partial charge in [0.05, 0.1) is 32.8 Å². The molecule has 1 N–H and O–H groups in total. The number of amides is 1. The molecule has 0 aliphatic rings. The first kappa shape index (κ1) is 22.8. The van der Waals surface area contributed by atoms with Gasteiger partial charge in [-0.1, -0.05) is 28.1 Å². The number of aromatic nitrogens is 2. The standard InChI is InChI=1S/C22H25BrN4O4/c1-14-25-18-12-20(31-9-8-21(28)27(2)30-4)19(29-3)11-17(18)22(26-14)24-13-15-6-5-7-16(23)10-15/h5-7,10-12H,8-9,13H2,1-4H3,(H,24,25,26). The number of hydroxylamine groups is 2. The van der Waals surface area contributed by atoms with E-state index in [0.717, 1.165) is 20.9 Å². The number of hydrogen-bond donors (Lipinski definition) is 1. The molecule has 0 fully saturated rings. The van der Waals surface area contributed by atoms with Crippen LogP contribution < -0.4 is 14.8 Å². The highest BCUT2D eigenvalue weighted by Crippen LogP contribution is 2.34. The fraction of sp³-hybridized carbons (Fsp3) is 0.318. The zero-order valence-electron chi connectivity index (χ0n) is 17.9. The molecule has 3 aromatic rings. The van der Waals surface area contributed by atoms with E-state index in [0.29, 0.717) is 29.7 Å². The lowest BCUT2D eigenvalue weighted by Crippen LogP contribution is -2.26. The highest BCUT2D eigenvalue weighted by molar-refractivity contribution is 9.10. The summed E-state index contributed by atoms with van der Waals surface area (Å²) in [4.78, 5) is 25.9. The molecule has 0 bridgehead atoms. The van der Waals surface area contributed by atoms with Crippen LogP contribution in [-0.2, 0) is 16.2 Å². The van der Waals surface area contributed by atoms with Crippen LogP contribution in [0.25, 0.3) is 10.9 Å². The van der Waals surface area contributed by atoms with E-state index in [4.69, 9.17) is 14.3 Å². The van der Waals surface area contributed by atoms with Crippen LogP contribution in [0, 0.1) is 6.92 Å². The van der Waals surface area contributed by atoms with Gasteiger partial charge < -0.3 is 14.8 Å². The van der Waals surface area contributed by atoms with E-state index in [2.05, 4.69) is 37.3 Å². The first-order valence-corrected chi connectivity index (χ1v) is 10.5. The summed E-state index contributed by atoms with van der Waals surface area (Å²) in [5.41, 5.74) is 1.84. The quantitative estimate of drug-likeness (QED) is 0.453. The van der Waals surface area contributed by atoms with Gasteiger partial charge >= 0.3 is 0 Å². The van der Waals surface area contributed by atoms with Crippen molar-refractivity contribution in [2.45, 2.75) is 19.9 Å². The van der Waals surface area contributed by atoms with Gasteiger partial charge in [-0.2, -0.15) is 0 Å². The molecule has 0 saturated heterocycles. The maximum atomic E-state index is 11.9. The average molecular weight is 489 g/mol. The van der Waals surface area contributed by atoms with Gasteiger partial charge in [-0.15, -0.1) is 0 Å². The molecule has 0 unspecified atom stereocenters. The van der Waals surface area contributed by atoms with E-state index < -0.39 is 0 Å². The van der Waals surface area contributed by atoms with Crippen LogP contribution in [0.1, 0.15) is 17.8 Å². The Bertz CT molecular complexity index is 1080. The molecule has 9 heteroatoms. The second-order valence-corrected chi connectivity index (χ2v) is 7.71. The Hall–Kier alpha value is -2.91. The predicted molar refractivity (Wildman–Crippen MR) is 122 cm³/mol. The number of anilines is 1. The summed E-state index contributed by atoms with van der Waals surface area (Å²) in [6, 6.07) is 11.7. The number of carbonyl (C=O) groups excluding carboxylic acids is 1. The summed E-state index contributed by atoms with van der Waals surface area (Å²) in [6.07, 6.45) is 0.174. The molecule has 31 heavy (non-hydrogen) atoms. The van der Waals surface area contributed by atoms with E-state index >= 15 is 0 Å². The van der Waals surface area contributed by atoms with Crippen LogP contribution >= 0.6 is 15.9 Å². The van der Waals surface area contributed by atoms with Crippen molar-refractivity contribution in [3.63, 3.8) is 0 Å². The largest absolute Gasteiger partial charge is 0.493 e. The van der Waals surface area contributed by atoms with Crippen molar-refractivity contribution < 1.29 is 19.1 Å². The SMILES string of the molecule is COc1cc2c(NCc3cccc(Br)c3)nc(C)nc2cc1OCCC(=O)N(C)OC. The highest BCUT2D eigenvalue weighted by atomic mass is 79.9. The van der Waals surface area contributed by atoms with E-state index in [1.165, 1.54) is 12.2 Å². The average Bonchev–Trinajstić information content (AvgIpc) is 2.76. The zero-order valence-corrected chi connectivity index (χ0v) is 19.5. The van der Waals surface area contributed by atoms with Crippen molar-refractivity contribution in [1.29, 1.82) is 0 Å². The number of rotatable bonds is 9. The number of ether oxygens (including phenoxy) is 2. The van der Waals surface area contributed by atoms with Crippen molar-refractivity contribution in [3.05, 3.63) is 52.3 Å². The molecule has 0 atom stereocenters. The van der Waals surface area contributed by atoms with Gasteiger partial charge in [0, 0.05) is 29.5 Å². The van der Waals surface area contributed by atoms with Crippen molar-refractivity contribution in [1.82, 2.24) is 15.0 Å². The predicted octanol–water partition coefficient (Wildman–Crippen LogP) is 4.11. The highest BCUT2D eigenvalue weighted by Gasteiger charge is 2.14. The number of aryl methyl sites for hydroxylation is 1. The van der Waals surface area contributed by atoms with Crippen molar-refractivity contribution in [3.8, 4) is 11.5 Å². The third kappa shape index (κ3) is 5.83. The second kappa shape index (κ2) is 10.4. The molecule has 2 aromatic carbocycles. The Morgan fingerprint density at radius 3 is 2.68 bits per heavy atom. The maximum Gasteiger partial charge on any atom is 0.249 e. The molecule has 0 saturated carbocycles. The first-order valence-electron chi connectivity index (χ1n) is 9.69. The van der Waals surface area contributed by atoms with Crippen molar-refractivity contribution in [2.24, 2.45) is 0 Å². The number of nitrogens with zero attached hydrogens (tertiary/aromatic N) is 3. The third-order valence-corrected chi connectivity index (χ3v) is 5.13. The van der Waals surface area contributed by atoms with Gasteiger partial charge in [0.15, 0.2) is 11.5 Å². The number of benzene rings is 2. The molecule has 1 heterocycles. The summed E-state index contributed by atoms with van der Waals surface area (Å²) in [6.45, 7) is 2.64. The van der Waals surface area contributed by atoms with Gasteiger partial charge in [0.25, 0.3) is 0 Å². The molecule has 0 radical (unpaired) electrons. The Kier molecular flexibility index (Phi) is 7.64.